The number of rotatable bonds is 3. The molecule has 8 heteroatoms. The SMILES string of the molecule is Cn1nc(C(F)(F)F)cc1C(O)CC(=O)O. The molecular weight excluding hydrogens is 229 g/mol. The summed E-state index contributed by atoms with van der Waals surface area (Å²) in [6.07, 6.45) is -6.79. The van der Waals surface area contributed by atoms with Gasteiger partial charge in [0.2, 0.25) is 0 Å². The molecule has 0 radical (unpaired) electrons. The monoisotopic (exact) mass is 238 g/mol. The molecule has 0 saturated carbocycles. The molecule has 1 atom stereocenters. The van der Waals surface area contributed by atoms with Crippen molar-refractivity contribution in [2.45, 2.75) is 18.7 Å². The number of alkyl halides is 3. The van der Waals surface area contributed by atoms with E-state index in [0.717, 1.165) is 4.68 Å². The molecule has 0 bridgehead atoms. The van der Waals surface area contributed by atoms with Crippen LogP contribution in [0.5, 0.6) is 0 Å². The number of aliphatic hydroxyl groups is 1. The van der Waals surface area contributed by atoms with Gasteiger partial charge in [-0.15, -0.1) is 0 Å². The van der Waals surface area contributed by atoms with Crippen molar-refractivity contribution in [1.29, 1.82) is 0 Å². The standard InChI is InChI=1S/C8H9F3N2O3/c1-13-4(5(14)3-7(15)16)2-6(12-13)8(9,10)11/h2,5,14H,3H2,1H3,(H,15,16). The van der Waals surface area contributed by atoms with Crippen molar-refractivity contribution in [3.05, 3.63) is 17.5 Å². The molecule has 1 unspecified atom stereocenters. The second-order valence-electron chi connectivity index (χ2n) is 3.19. The molecule has 0 aliphatic carbocycles. The zero-order valence-electron chi connectivity index (χ0n) is 8.19. The van der Waals surface area contributed by atoms with Crippen LogP contribution in [0.25, 0.3) is 0 Å². The van der Waals surface area contributed by atoms with E-state index in [0.29, 0.717) is 6.07 Å². The lowest BCUT2D eigenvalue weighted by Gasteiger charge is -2.06. The molecule has 1 aromatic heterocycles. The summed E-state index contributed by atoms with van der Waals surface area (Å²) >= 11 is 0. The fraction of sp³-hybridized carbons (Fsp3) is 0.500. The fourth-order valence-electron chi connectivity index (χ4n) is 1.20. The van der Waals surface area contributed by atoms with E-state index in [1.54, 1.807) is 0 Å². The van der Waals surface area contributed by atoms with Crippen molar-refractivity contribution in [1.82, 2.24) is 9.78 Å². The number of aliphatic carboxylic acids is 1. The molecule has 5 nitrogen and oxygen atoms in total. The zero-order valence-corrected chi connectivity index (χ0v) is 8.19. The highest BCUT2D eigenvalue weighted by Crippen LogP contribution is 2.30. The minimum Gasteiger partial charge on any atom is -0.481 e. The van der Waals surface area contributed by atoms with E-state index < -0.39 is 30.4 Å². The number of halogens is 3. The van der Waals surface area contributed by atoms with E-state index in [1.807, 2.05) is 0 Å². The predicted octanol–water partition coefficient (Wildman–Crippen LogP) is 0.947. The molecule has 0 aliphatic heterocycles. The maximum atomic E-state index is 12.2. The normalized spacial score (nSPS) is 13.8. The van der Waals surface area contributed by atoms with E-state index in [4.69, 9.17) is 5.11 Å². The van der Waals surface area contributed by atoms with Gasteiger partial charge in [0.25, 0.3) is 0 Å². The summed E-state index contributed by atoms with van der Waals surface area (Å²) in [5.41, 5.74) is -1.34. The summed E-state index contributed by atoms with van der Waals surface area (Å²) < 4.78 is 37.5. The molecule has 90 valence electrons. The number of carboxylic acids is 1. The first kappa shape index (κ1) is 12.5. The Balaban J connectivity index is 2.98. The van der Waals surface area contributed by atoms with Gasteiger partial charge in [0.05, 0.1) is 12.1 Å². The van der Waals surface area contributed by atoms with Crippen molar-refractivity contribution < 1.29 is 28.2 Å². The summed E-state index contributed by atoms with van der Waals surface area (Å²) in [5, 5.41) is 20.9. The number of hydrogen-bond acceptors (Lipinski definition) is 3. The van der Waals surface area contributed by atoms with Gasteiger partial charge in [-0.25, -0.2) is 0 Å². The van der Waals surface area contributed by atoms with Crippen LogP contribution in [0.1, 0.15) is 23.9 Å². The van der Waals surface area contributed by atoms with Gasteiger partial charge in [-0.05, 0) is 6.07 Å². The number of aryl methyl sites for hydroxylation is 1. The fourth-order valence-corrected chi connectivity index (χ4v) is 1.20. The molecule has 0 saturated heterocycles. The topological polar surface area (TPSA) is 75.3 Å². The Labute approximate surface area is 88.1 Å². The molecule has 0 spiro atoms. The van der Waals surface area contributed by atoms with Crippen LogP contribution in [-0.4, -0.2) is 26.0 Å². The number of aliphatic hydroxyl groups excluding tert-OH is 1. The first-order valence-electron chi connectivity index (χ1n) is 4.23. The summed E-state index contributed by atoms with van der Waals surface area (Å²) in [5.74, 6) is -1.30. The Hall–Kier alpha value is -1.57. The van der Waals surface area contributed by atoms with Crippen LogP contribution in [0, 0.1) is 0 Å². The predicted molar refractivity (Wildman–Crippen MR) is 45.4 cm³/mol. The Morgan fingerprint density at radius 3 is 2.56 bits per heavy atom. The summed E-state index contributed by atoms with van der Waals surface area (Å²) in [6, 6.07) is 0.633. The van der Waals surface area contributed by atoms with Gasteiger partial charge in [-0.3, -0.25) is 9.48 Å². The first-order valence-corrected chi connectivity index (χ1v) is 4.23. The maximum Gasteiger partial charge on any atom is 0.435 e. The average Bonchev–Trinajstić information content (AvgIpc) is 2.44. The van der Waals surface area contributed by atoms with Crippen molar-refractivity contribution in [2.75, 3.05) is 0 Å². The lowest BCUT2D eigenvalue weighted by molar-refractivity contribution is -0.141. The van der Waals surface area contributed by atoms with E-state index >= 15 is 0 Å². The Kier molecular flexibility index (Phi) is 3.22. The quantitative estimate of drug-likeness (QED) is 0.821. The highest BCUT2D eigenvalue weighted by molar-refractivity contribution is 5.67. The van der Waals surface area contributed by atoms with Gasteiger partial charge < -0.3 is 10.2 Å². The van der Waals surface area contributed by atoms with Crippen molar-refractivity contribution in [3.8, 4) is 0 Å². The lowest BCUT2D eigenvalue weighted by Crippen LogP contribution is -2.09. The Morgan fingerprint density at radius 1 is 1.62 bits per heavy atom. The van der Waals surface area contributed by atoms with Gasteiger partial charge in [0.15, 0.2) is 5.69 Å². The number of aromatic nitrogens is 2. The third-order valence-electron chi connectivity index (χ3n) is 1.92. The van der Waals surface area contributed by atoms with Crippen molar-refractivity contribution in [3.63, 3.8) is 0 Å². The zero-order chi connectivity index (χ0) is 12.5. The largest absolute Gasteiger partial charge is 0.481 e. The van der Waals surface area contributed by atoms with Crippen LogP contribution in [0.15, 0.2) is 6.07 Å². The molecule has 2 N–H and O–H groups in total. The van der Waals surface area contributed by atoms with Crippen LogP contribution in [0.4, 0.5) is 13.2 Å². The minimum atomic E-state index is -4.61. The summed E-state index contributed by atoms with van der Waals surface area (Å²) in [6.45, 7) is 0. The molecule has 1 aromatic rings. The van der Waals surface area contributed by atoms with E-state index in [9.17, 15) is 23.1 Å². The Morgan fingerprint density at radius 2 is 2.19 bits per heavy atom. The Bertz CT molecular complexity index is 400. The third kappa shape index (κ3) is 2.72. The third-order valence-corrected chi connectivity index (χ3v) is 1.92. The second kappa shape index (κ2) is 4.12. The van der Waals surface area contributed by atoms with Gasteiger partial charge in [-0.2, -0.15) is 18.3 Å². The average molecular weight is 238 g/mol. The summed E-state index contributed by atoms with van der Waals surface area (Å²) in [7, 11) is 1.20. The van der Waals surface area contributed by atoms with Crippen LogP contribution >= 0.6 is 0 Å². The summed E-state index contributed by atoms with van der Waals surface area (Å²) in [4.78, 5) is 10.3. The molecule has 0 aliphatic rings. The van der Waals surface area contributed by atoms with Gasteiger partial charge in [-0.1, -0.05) is 0 Å². The molecule has 1 heterocycles. The molecule has 16 heavy (non-hydrogen) atoms. The van der Waals surface area contributed by atoms with Gasteiger partial charge in [0, 0.05) is 7.05 Å². The second-order valence-corrected chi connectivity index (χ2v) is 3.19. The van der Waals surface area contributed by atoms with Crippen LogP contribution in [0.2, 0.25) is 0 Å². The first-order chi connectivity index (χ1) is 7.21. The van der Waals surface area contributed by atoms with Crippen molar-refractivity contribution in [2.24, 2.45) is 7.05 Å². The molecule has 0 aromatic carbocycles. The number of nitrogens with zero attached hydrogens (tertiary/aromatic N) is 2. The van der Waals surface area contributed by atoms with Crippen LogP contribution < -0.4 is 0 Å². The van der Waals surface area contributed by atoms with Crippen LogP contribution in [-0.2, 0) is 18.0 Å². The lowest BCUT2D eigenvalue weighted by atomic mass is 10.2. The van der Waals surface area contributed by atoms with E-state index in [2.05, 4.69) is 5.10 Å². The number of hydrogen-bond donors (Lipinski definition) is 2. The number of carboxylic acid groups (broad SMARTS) is 1. The molecular formula is C8H9F3N2O3. The van der Waals surface area contributed by atoms with Crippen molar-refractivity contribution >= 4 is 5.97 Å². The van der Waals surface area contributed by atoms with Gasteiger partial charge >= 0.3 is 12.1 Å². The molecule has 0 fully saturated rings. The van der Waals surface area contributed by atoms with E-state index in [-0.39, 0.29) is 5.69 Å². The highest BCUT2D eigenvalue weighted by Gasteiger charge is 2.35. The highest BCUT2D eigenvalue weighted by atomic mass is 19.4. The smallest absolute Gasteiger partial charge is 0.435 e. The van der Waals surface area contributed by atoms with E-state index in [1.165, 1.54) is 7.05 Å². The maximum absolute atomic E-state index is 12.2. The van der Waals surface area contributed by atoms with Crippen LogP contribution in [0.3, 0.4) is 0 Å². The minimum absolute atomic E-state index is 0.185. The molecule has 1 rings (SSSR count). The number of carbonyl (C=O) groups is 1. The van der Waals surface area contributed by atoms with Gasteiger partial charge in [0.1, 0.15) is 6.10 Å². The molecule has 0 amide bonds.